The zero-order valence-corrected chi connectivity index (χ0v) is 10.5. The number of hydrogen-bond acceptors (Lipinski definition) is 3. The first-order valence-electron chi connectivity index (χ1n) is 6.28. The molecule has 1 heterocycles. The van der Waals surface area contributed by atoms with Gasteiger partial charge < -0.3 is 14.6 Å². The summed E-state index contributed by atoms with van der Waals surface area (Å²) >= 11 is 0. The van der Waals surface area contributed by atoms with Crippen LogP contribution in [0.1, 0.15) is 24.6 Å². The van der Waals surface area contributed by atoms with Crippen LogP contribution in [-0.2, 0) is 6.61 Å². The van der Waals surface area contributed by atoms with Gasteiger partial charge in [0.15, 0.2) is 0 Å². The summed E-state index contributed by atoms with van der Waals surface area (Å²) in [7, 11) is 1.91. The van der Waals surface area contributed by atoms with Gasteiger partial charge in [0.1, 0.15) is 12.4 Å². The third-order valence-corrected chi connectivity index (χ3v) is 3.22. The molecule has 0 radical (unpaired) electrons. The second kappa shape index (κ2) is 4.72. The van der Waals surface area contributed by atoms with E-state index in [9.17, 15) is 0 Å². The molecule has 0 spiro atoms. The molecule has 1 aliphatic rings. The van der Waals surface area contributed by atoms with Gasteiger partial charge in [0.05, 0.1) is 18.2 Å². The Balaban J connectivity index is 1.64. The summed E-state index contributed by atoms with van der Waals surface area (Å²) in [5, 5.41) is 3.09. The molecule has 3 rings (SSSR count). The summed E-state index contributed by atoms with van der Waals surface area (Å²) in [6, 6.07) is 8.62. The molecule has 0 saturated heterocycles. The molecule has 2 aromatic rings. The molecule has 0 bridgehead atoms. The summed E-state index contributed by atoms with van der Waals surface area (Å²) < 4.78 is 8.00. The number of benzene rings is 1. The number of nitrogens with one attached hydrogen (secondary N) is 1. The highest BCUT2D eigenvalue weighted by Gasteiger charge is 2.25. The minimum absolute atomic E-state index is 0.579. The van der Waals surface area contributed by atoms with Crippen LogP contribution >= 0.6 is 0 Å². The van der Waals surface area contributed by atoms with Crippen LogP contribution in [0, 0.1) is 0 Å². The van der Waals surface area contributed by atoms with Gasteiger partial charge in [-0.05, 0) is 37.1 Å². The van der Waals surface area contributed by atoms with Crippen LogP contribution in [-0.4, -0.2) is 16.6 Å². The van der Waals surface area contributed by atoms with Gasteiger partial charge in [-0.2, -0.15) is 0 Å². The average molecular weight is 243 g/mol. The van der Waals surface area contributed by atoms with Crippen molar-refractivity contribution >= 4 is 5.69 Å². The van der Waals surface area contributed by atoms with E-state index in [1.54, 1.807) is 0 Å². The normalized spacial score (nSPS) is 14.5. The monoisotopic (exact) mass is 243 g/mol. The Morgan fingerprint density at radius 2 is 2.11 bits per heavy atom. The van der Waals surface area contributed by atoms with Crippen LogP contribution in [0.15, 0.2) is 36.8 Å². The number of nitrogens with zero attached hydrogens (tertiary/aromatic N) is 2. The Labute approximate surface area is 107 Å². The highest BCUT2D eigenvalue weighted by molar-refractivity contribution is 5.45. The summed E-state index contributed by atoms with van der Waals surface area (Å²) in [6.07, 6.45) is 6.32. The lowest BCUT2D eigenvalue weighted by molar-refractivity contribution is 0.295. The summed E-state index contributed by atoms with van der Waals surface area (Å²) in [5.41, 5.74) is 2.24. The average Bonchev–Trinajstić information content (AvgIpc) is 3.16. The molecule has 1 aromatic heterocycles. The highest BCUT2D eigenvalue weighted by Crippen LogP contribution is 2.35. The largest absolute Gasteiger partial charge is 0.487 e. The number of imidazole rings is 1. The fourth-order valence-electron chi connectivity index (χ4n) is 2.00. The molecule has 0 atom stereocenters. The minimum Gasteiger partial charge on any atom is -0.487 e. The lowest BCUT2D eigenvalue weighted by Crippen LogP contribution is -2.03. The number of rotatable bonds is 5. The van der Waals surface area contributed by atoms with Crippen LogP contribution in [0.5, 0.6) is 5.75 Å². The van der Waals surface area contributed by atoms with Crippen molar-refractivity contribution in [3.05, 3.63) is 42.5 Å². The number of aromatic nitrogens is 2. The molecule has 1 fully saturated rings. The number of anilines is 1. The number of ether oxygens (including phenoxy) is 1. The van der Waals surface area contributed by atoms with E-state index in [0.29, 0.717) is 12.6 Å². The molecule has 1 aromatic carbocycles. The standard InChI is InChI=1S/C14H17N3O/c1-15-11-2-6-14(7-3-11)18-9-13-8-16-10-17(13)12-4-5-12/h2-3,6-8,10,12,15H,4-5,9H2,1H3. The summed E-state index contributed by atoms with van der Waals surface area (Å²) in [6.45, 7) is 0.579. The molecular weight excluding hydrogens is 226 g/mol. The smallest absolute Gasteiger partial charge is 0.130 e. The topological polar surface area (TPSA) is 39.1 Å². The van der Waals surface area contributed by atoms with Gasteiger partial charge in [-0.25, -0.2) is 4.98 Å². The molecule has 4 heteroatoms. The van der Waals surface area contributed by atoms with Gasteiger partial charge in [-0.15, -0.1) is 0 Å². The Morgan fingerprint density at radius 1 is 1.33 bits per heavy atom. The third-order valence-electron chi connectivity index (χ3n) is 3.22. The van der Waals surface area contributed by atoms with Gasteiger partial charge >= 0.3 is 0 Å². The molecule has 94 valence electrons. The van der Waals surface area contributed by atoms with Gasteiger partial charge in [0.2, 0.25) is 0 Å². The molecule has 1 aliphatic carbocycles. The van der Waals surface area contributed by atoms with E-state index in [1.807, 2.05) is 43.8 Å². The van der Waals surface area contributed by atoms with Crippen LogP contribution in [0.3, 0.4) is 0 Å². The van der Waals surface area contributed by atoms with Crippen molar-refractivity contribution in [1.82, 2.24) is 9.55 Å². The molecule has 18 heavy (non-hydrogen) atoms. The third kappa shape index (κ3) is 2.32. The minimum atomic E-state index is 0.579. The predicted molar refractivity (Wildman–Crippen MR) is 70.8 cm³/mol. The Morgan fingerprint density at radius 3 is 2.78 bits per heavy atom. The lowest BCUT2D eigenvalue weighted by Gasteiger charge is -2.09. The Hall–Kier alpha value is -1.97. The van der Waals surface area contributed by atoms with Gasteiger partial charge in [-0.1, -0.05) is 0 Å². The fraction of sp³-hybridized carbons (Fsp3) is 0.357. The van der Waals surface area contributed by atoms with E-state index < -0.39 is 0 Å². The first-order valence-corrected chi connectivity index (χ1v) is 6.28. The van der Waals surface area contributed by atoms with Crippen LogP contribution in [0.4, 0.5) is 5.69 Å². The van der Waals surface area contributed by atoms with Gasteiger partial charge in [0.25, 0.3) is 0 Å². The molecule has 0 unspecified atom stereocenters. The zero-order valence-electron chi connectivity index (χ0n) is 10.5. The van der Waals surface area contributed by atoms with Crippen molar-refractivity contribution in [3.63, 3.8) is 0 Å². The van der Waals surface area contributed by atoms with Crippen molar-refractivity contribution in [2.24, 2.45) is 0 Å². The van der Waals surface area contributed by atoms with Crippen molar-refractivity contribution in [2.45, 2.75) is 25.5 Å². The Bertz CT molecular complexity index is 514. The second-order valence-corrected chi connectivity index (χ2v) is 4.59. The van der Waals surface area contributed by atoms with Crippen molar-refractivity contribution in [3.8, 4) is 5.75 Å². The van der Waals surface area contributed by atoms with Crippen molar-refractivity contribution < 1.29 is 4.74 Å². The predicted octanol–water partition coefficient (Wildman–Crippen LogP) is 2.84. The quantitative estimate of drug-likeness (QED) is 0.877. The Kier molecular flexibility index (Phi) is 2.92. The molecule has 0 amide bonds. The summed E-state index contributed by atoms with van der Waals surface area (Å²) in [5.74, 6) is 0.887. The van der Waals surface area contributed by atoms with Crippen molar-refractivity contribution in [2.75, 3.05) is 12.4 Å². The molecule has 1 N–H and O–H groups in total. The van der Waals surface area contributed by atoms with E-state index in [-0.39, 0.29) is 0 Å². The first-order chi connectivity index (χ1) is 8.86. The molecule has 1 saturated carbocycles. The molecule has 0 aliphatic heterocycles. The summed E-state index contributed by atoms with van der Waals surface area (Å²) in [4.78, 5) is 4.20. The second-order valence-electron chi connectivity index (χ2n) is 4.59. The van der Waals surface area contributed by atoms with E-state index in [1.165, 1.54) is 12.8 Å². The van der Waals surface area contributed by atoms with Gasteiger partial charge in [0, 0.05) is 18.8 Å². The molecule has 4 nitrogen and oxygen atoms in total. The van der Waals surface area contributed by atoms with Crippen LogP contribution < -0.4 is 10.1 Å². The molecular formula is C14H17N3O. The van der Waals surface area contributed by atoms with E-state index in [2.05, 4.69) is 14.9 Å². The fourth-order valence-corrected chi connectivity index (χ4v) is 2.00. The zero-order chi connectivity index (χ0) is 12.4. The number of hydrogen-bond donors (Lipinski definition) is 1. The first kappa shape index (κ1) is 11.1. The lowest BCUT2D eigenvalue weighted by atomic mass is 10.3. The maximum atomic E-state index is 5.78. The van der Waals surface area contributed by atoms with Crippen LogP contribution in [0.25, 0.3) is 0 Å². The van der Waals surface area contributed by atoms with E-state index in [0.717, 1.165) is 17.1 Å². The maximum absolute atomic E-state index is 5.78. The van der Waals surface area contributed by atoms with Crippen LogP contribution in [0.2, 0.25) is 0 Å². The van der Waals surface area contributed by atoms with Crippen molar-refractivity contribution in [1.29, 1.82) is 0 Å². The van der Waals surface area contributed by atoms with E-state index in [4.69, 9.17) is 4.74 Å². The maximum Gasteiger partial charge on any atom is 0.130 e. The van der Waals surface area contributed by atoms with E-state index >= 15 is 0 Å². The SMILES string of the molecule is CNc1ccc(OCc2cncn2C2CC2)cc1. The van der Waals surface area contributed by atoms with Gasteiger partial charge in [-0.3, -0.25) is 0 Å². The highest BCUT2D eigenvalue weighted by atomic mass is 16.5.